The van der Waals surface area contributed by atoms with Crippen molar-refractivity contribution in [2.45, 2.75) is 225 Å². The summed E-state index contributed by atoms with van der Waals surface area (Å²) in [5.74, 6) is -0.197. The number of aliphatic hydroxyl groups is 1. The van der Waals surface area contributed by atoms with Crippen LogP contribution in [0.3, 0.4) is 0 Å². The monoisotopic (exact) mass is 773 g/mol. The van der Waals surface area contributed by atoms with Gasteiger partial charge in [-0.25, -0.2) is 0 Å². The van der Waals surface area contributed by atoms with Gasteiger partial charge in [-0.15, -0.1) is 0 Å². The van der Waals surface area contributed by atoms with Crippen molar-refractivity contribution in [1.82, 2.24) is 5.32 Å². The molecule has 0 aromatic carbocycles. The number of quaternary nitrogens is 1. The van der Waals surface area contributed by atoms with Gasteiger partial charge in [-0.3, -0.25) is 9.36 Å². The highest BCUT2D eigenvalue weighted by molar-refractivity contribution is 7.45. The van der Waals surface area contributed by atoms with Crippen LogP contribution in [0.1, 0.15) is 213 Å². The molecule has 0 heterocycles. The molecule has 0 saturated carbocycles. The van der Waals surface area contributed by atoms with E-state index < -0.39 is 20.0 Å². The van der Waals surface area contributed by atoms with Gasteiger partial charge in [0, 0.05) is 6.42 Å². The van der Waals surface area contributed by atoms with Crippen molar-refractivity contribution in [2.24, 2.45) is 0 Å². The van der Waals surface area contributed by atoms with Crippen LogP contribution in [0.25, 0.3) is 0 Å². The Morgan fingerprint density at radius 3 is 1.42 bits per heavy atom. The van der Waals surface area contributed by atoms with Gasteiger partial charge < -0.3 is 28.8 Å². The summed E-state index contributed by atoms with van der Waals surface area (Å²) < 4.78 is 23.1. The predicted octanol–water partition coefficient (Wildman–Crippen LogP) is 11.7. The minimum atomic E-state index is -4.57. The molecule has 0 aromatic rings. The summed E-state index contributed by atoms with van der Waals surface area (Å²) in [5.41, 5.74) is 0. The topological polar surface area (TPSA) is 108 Å². The van der Waals surface area contributed by atoms with E-state index in [0.29, 0.717) is 17.4 Å². The van der Waals surface area contributed by atoms with Crippen LogP contribution in [0.2, 0.25) is 0 Å². The number of nitrogens with one attached hydrogen (secondary N) is 1. The second kappa shape index (κ2) is 36.9. The summed E-state index contributed by atoms with van der Waals surface area (Å²) in [4.78, 5) is 25.2. The van der Waals surface area contributed by atoms with E-state index in [9.17, 15) is 19.4 Å². The summed E-state index contributed by atoms with van der Waals surface area (Å²) in [7, 11) is 1.27. The maximum Gasteiger partial charge on any atom is 0.268 e. The Morgan fingerprint density at radius 1 is 0.642 bits per heavy atom. The average molecular weight is 773 g/mol. The zero-order valence-electron chi connectivity index (χ0n) is 35.7. The number of carbonyl (C=O) groups excluding carboxylic acids is 1. The van der Waals surface area contributed by atoms with E-state index in [-0.39, 0.29) is 19.1 Å². The number of phosphoric ester groups is 1. The van der Waals surface area contributed by atoms with Gasteiger partial charge in [-0.05, 0) is 19.3 Å². The number of hydrogen-bond acceptors (Lipinski definition) is 6. The van der Waals surface area contributed by atoms with E-state index in [1.807, 2.05) is 27.2 Å². The molecule has 2 N–H and O–H groups in total. The van der Waals surface area contributed by atoms with E-state index in [2.05, 4.69) is 19.2 Å². The summed E-state index contributed by atoms with van der Waals surface area (Å²) in [6, 6.07) is -0.878. The molecular formula is C44H89N2O6P. The van der Waals surface area contributed by atoms with Crippen molar-refractivity contribution >= 4 is 13.7 Å². The number of nitrogens with zero attached hydrogens (tertiary/aromatic N) is 1. The highest BCUT2D eigenvalue weighted by Gasteiger charge is 2.23. The Hall–Kier alpha value is -0.760. The fourth-order valence-electron chi connectivity index (χ4n) is 6.62. The quantitative estimate of drug-likeness (QED) is 0.0277. The SMILES string of the molecule is CCCCCCCC/C=C/C(O)C(COP(=O)([O-])OCC[N+](C)(C)C)NC(=O)CCCCCCCCCCCCCCCCCCCCCCCCC. The van der Waals surface area contributed by atoms with E-state index in [0.717, 1.165) is 38.5 Å². The maximum atomic E-state index is 12.8. The lowest BCUT2D eigenvalue weighted by Gasteiger charge is -2.29. The first-order chi connectivity index (χ1) is 25.5. The number of carbonyl (C=O) groups is 1. The van der Waals surface area contributed by atoms with Crippen LogP contribution in [-0.2, 0) is 18.4 Å². The van der Waals surface area contributed by atoms with Crippen LogP contribution in [0, 0.1) is 0 Å². The summed E-state index contributed by atoms with van der Waals surface area (Å²) in [5, 5.41) is 13.7. The van der Waals surface area contributed by atoms with Crippen molar-refractivity contribution in [3.8, 4) is 0 Å². The van der Waals surface area contributed by atoms with E-state index >= 15 is 0 Å². The fourth-order valence-corrected chi connectivity index (χ4v) is 7.35. The molecule has 53 heavy (non-hydrogen) atoms. The molecule has 316 valence electrons. The highest BCUT2D eigenvalue weighted by Crippen LogP contribution is 2.38. The van der Waals surface area contributed by atoms with E-state index in [1.165, 1.54) is 154 Å². The van der Waals surface area contributed by atoms with Gasteiger partial charge in [0.25, 0.3) is 7.82 Å². The molecule has 8 nitrogen and oxygen atoms in total. The van der Waals surface area contributed by atoms with Crippen LogP contribution < -0.4 is 10.2 Å². The normalized spacial score (nSPS) is 14.5. The molecule has 0 bridgehead atoms. The standard InChI is InChI=1S/C44H89N2O6P/c1-6-8-10-12-14-16-17-18-19-20-21-22-23-24-25-26-27-28-29-30-32-34-36-38-44(48)45-42(41-52-53(49,50)51-40-39-46(3,4)5)43(47)37-35-33-31-15-13-11-9-7-2/h35,37,42-43,47H,6-34,36,38-41H2,1-5H3,(H-,45,48,49,50)/b37-35+. The zero-order valence-corrected chi connectivity index (χ0v) is 36.6. The molecule has 0 aliphatic heterocycles. The Bertz CT molecular complexity index is 880. The molecule has 3 atom stereocenters. The average Bonchev–Trinajstić information content (AvgIpc) is 3.10. The van der Waals surface area contributed by atoms with Crippen LogP contribution in [0.15, 0.2) is 12.2 Å². The number of likely N-dealkylation sites (N-methyl/N-ethyl adjacent to an activating group) is 1. The number of hydrogen-bond donors (Lipinski definition) is 2. The van der Waals surface area contributed by atoms with Crippen LogP contribution in [0.4, 0.5) is 0 Å². The van der Waals surface area contributed by atoms with Gasteiger partial charge in [0.1, 0.15) is 13.2 Å². The maximum absolute atomic E-state index is 12.8. The molecule has 0 spiro atoms. The first-order valence-electron chi connectivity index (χ1n) is 22.6. The molecule has 0 rings (SSSR count). The third kappa shape index (κ3) is 39.3. The van der Waals surface area contributed by atoms with Gasteiger partial charge >= 0.3 is 0 Å². The van der Waals surface area contributed by atoms with Gasteiger partial charge in [-0.2, -0.15) is 0 Å². The summed E-state index contributed by atoms with van der Waals surface area (Å²) >= 11 is 0. The predicted molar refractivity (Wildman–Crippen MR) is 224 cm³/mol. The smallest absolute Gasteiger partial charge is 0.268 e. The lowest BCUT2D eigenvalue weighted by Crippen LogP contribution is -2.45. The molecule has 0 saturated heterocycles. The number of aliphatic hydroxyl groups excluding tert-OH is 1. The number of unbranched alkanes of at least 4 members (excludes halogenated alkanes) is 28. The first kappa shape index (κ1) is 52.2. The van der Waals surface area contributed by atoms with Gasteiger partial charge in [0.15, 0.2) is 0 Å². The van der Waals surface area contributed by atoms with Gasteiger partial charge in [0.05, 0.1) is 39.9 Å². The molecule has 0 fully saturated rings. The molecule has 0 aromatic heterocycles. The third-order valence-corrected chi connectivity index (χ3v) is 11.2. The number of phosphoric acid groups is 1. The third-order valence-electron chi connectivity index (χ3n) is 10.2. The van der Waals surface area contributed by atoms with Crippen LogP contribution in [-0.4, -0.2) is 68.5 Å². The van der Waals surface area contributed by atoms with Crippen LogP contribution >= 0.6 is 7.82 Å². The van der Waals surface area contributed by atoms with Crippen molar-refractivity contribution in [1.29, 1.82) is 0 Å². The van der Waals surface area contributed by atoms with Crippen LogP contribution in [0.5, 0.6) is 0 Å². The minimum absolute atomic E-state index is 0.00154. The number of allylic oxidation sites excluding steroid dienone is 1. The lowest BCUT2D eigenvalue weighted by molar-refractivity contribution is -0.870. The second-order valence-corrected chi connectivity index (χ2v) is 18.2. The Morgan fingerprint density at radius 2 is 1.02 bits per heavy atom. The largest absolute Gasteiger partial charge is 0.756 e. The minimum Gasteiger partial charge on any atom is -0.756 e. The van der Waals surface area contributed by atoms with Crippen molar-refractivity contribution in [2.75, 3.05) is 40.9 Å². The van der Waals surface area contributed by atoms with Crippen molar-refractivity contribution in [3.63, 3.8) is 0 Å². The molecule has 0 aliphatic carbocycles. The lowest BCUT2D eigenvalue weighted by atomic mass is 10.0. The van der Waals surface area contributed by atoms with Gasteiger partial charge in [0.2, 0.25) is 5.91 Å². The molecular weight excluding hydrogens is 683 g/mol. The molecule has 0 aliphatic rings. The summed E-state index contributed by atoms with van der Waals surface area (Å²) in [6.45, 7) is 4.62. The Balaban J connectivity index is 4.12. The van der Waals surface area contributed by atoms with E-state index in [4.69, 9.17) is 9.05 Å². The Kier molecular flexibility index (Phi) is 36.3. The molecule has 0 radical (unpaired) electrons. The second-order valence-electron chi connectivity index (χ2n) is 16.8. The Labute approximate surface area is 329 Å². The molecule has 3 unspecified atom stereocenters. The van der Waals surface area contributed by atoms with Crippen molar-refractivity contribution in [3.05, 3.63) is 12.2 Å². The summed E-state index contributed by atoms with van der Waals surface area (Å²) in [6.07, 6.45) is 41.4. The number of rotatable bonds is 41. The number of amides is 1. The van der Waals surface area contributed by atoms with Gasteiger partial charge in [-0.1, -0.05) is 199 Å². The van der Waals surface area contributed by atoms with Crippen molar-refractivity contribution < 1.29 is 32.9 Å². The van der Waals surface area contributed by atoms with E-state index in [1.54, 1.807) is 6.08 Å². The molecule has 1 amide bonds. The fraction of sp³-hybridized carbons (Fsp3) is 0.932. The zero-order chi connectivity index (χ0) is 39.3. The first-order valence-corrected chi connectivity index (χ1v) is 24.0. The molecule has 9 heteroatoms. The highest BCUT2D eigenvalue weighted by atomic mass is 31.2.